The van der Waals surface area contributed by atoms with Gasteiger partial charge < -0.3 is 4.98 Å². The van der Waals surface area contributed by atoms with Gasteiger partial charge in [-0.2, -0.15) is 5.10 Å². The lowest BCUT2D eigenvalue weighted by Gasteiger charge is -2.31. The average molecular weight is 499 g/mol. The molecule has 1 saturated heterocycles. The first-order valence-corrected chi connectivity index (χ1v) is 14.1. The molecule has 196 valence electrons. The second-order valence-electron chi connectivity index (χ2n) is 11.8. The van der Waals surface area contributed by atoms with Crippen molar-refractivity contribution in [1.29, 1.82) is 0 Å². The molecule has 0 aliphatic carbocycles. The summed E-state index contributed by atoms with van der Waals surface area (Å²) in [6.07, 6.45) is 3.87. The molecule has 3 aromatic heterocycles. The lowest BCUT2D eigenvalue weighted by Crippen LogP contribution is -2.36. The predicted octanol–water partition coefficient (Wildman–Crippen LogP) is 7.27. The van der Waals surface area contributed by atoms with Crippen molar-refractivity contribution in [2.45, 2.75) is 79.1 Å². The zero-order chi connectivity index (χ0) is 26.3. The van der Waals surface area contributed by atoms with E-state index in [4.69, 9.17) is 5.10 Å². The van der Waals surface area contributed by atoms with E-state index in [1.807, 2.05) is 6.92 Å². The molecule has 4 heterocycles. The number of nitrogens with zero attached hydrogens (tertiary/aromatic N) is 3. The summed E-state index contributed by atoms with van der Waals surface area (Å²) in [4.78, 5) is 18.0. The van der Waals surface area contributed by atoms with E-state index in [2.05, 4.69) is 85.4 Å². The Morgan fingerprint density at radius 1 is 1.08 bits per heavy atom. The van der Waals surface area contributed by atoms with Gasteiger partial charge in [-0.25, -0.2) is 4.52 Å². The van der Waals surface area contributed by atoms with Crippen molar-refractivity contribution in [2.75, 3.05) is 19.6 Å². The molecule has 5 rings (SSSR count). The summed E-state index contributed by atoms with van der Waals surface area (Å²) < 4.78 is 2.12. The third-order valence-electron chi connectivity index (χ3n) is 7.96. The molecule has 0 spiro atoms. The second kappa shape index (κ2) is 10.4. The van der Waals surface area contributed by atoms with Gasteiger partial charge in [-0.3, -0.25) is 9.69 Å². The Labute approximate surface area is 221 Å². The van der Waals surface area contributed by atoms with E-state index in [1.165, 1.54) is 39.0 Å². The van der Waals surface area contributed by atoms with Gasteiger partial charge in [0, 0.05) is 28.6 Å². The van der Waals surface area contributed by atoms with Crippen molar-refractivity contribution < 1.29 is 4.79 Å². The number of nitrogens with one attached hydrogen (secondary N) is 1. The molecule has 4 aromatic rings. The number of ketones is 1. The van der Waals surface area contributed by atoms with Crippen LogP contribution < -0.4 is 0 Å². The van der Waals surface area contributed by atoms with Gasteiger partial charge in [0.25, 0.3) is 0 Å². The minimum Gasteiger partial charge on any atom is -0.354 e. The van der Waals surface area contributed by atoms with E-state index in [0.717, 1.165) is 43.6 Å². The van der Waals surface area contributed by atoms with Crippen LogP contribution in [0.1, 0.15) is 88.2 Å². The maximum Gasteiger partial charge on any atom is 0.146 e. The predicted molar refractivity (Wildman–Crippen MR) is 154 cm³/mol. The van der Waals surface area contributed by atoms with Crippen LogP contribution in [0, 0.1) is 12.8 Å². The van der Waals surface area contributed by atoms with Gasteiger partial charge >= 0.3 is 0 Å². The lowest BCUT2D eigenvalue weighted by atomic mass is 9.87. The normalized spacial score (nSPS) is 15.6. The van der Waals surface area contributed by atoms with Crippen LogP contribution in [0.15, 0.2) is 36.4 Å². The second-order valence-corrected chi connectivity index (χ2v) is 11.8. The number of Topliss-reactive ketones (excluding diaryl/α,β-unsaturated/α-hetero) is 1. The molecule has 1 N–H and O–H groups in total. The number of hydrogen-bond acceptors (Lipinski definition) is 3. The summed E-state index contributed by atoms with van der Waals surface area (Å²) in [6, 6.07) is 13.8. The zero-order valence-electron chi connectivity index (χ0n) is 23.4. The van der Waals surface area contributed by atoms with Gasteiger partial charge in [0.15, 0.2) is 0 Å². The lowest BCUT2D eigenvalue weighted by molar-refractivity contribution is -0.120. The van der Waals surface area contributed by atoms with Crippen molar-refractivity contribution >= 4 is 22.2 Å². The molecule has 0 unspecified atom stereocenters. The summed E-state index contributed by atoms with van der Waals surface area (Å²) in [5, 5.41) is 6.12. The molecular formula is C32H42N4O. The molecule has 0 saturated carbocycles. The largest absolute Gasteiger partial charge is 0.354 e. The number of carbonyl (C=O) groups is 1. The summed E-state index contributed by atoms with van der Waals surface area (Å²) in [5.41, 5.74) is 10.0. The van der Waals surface area contributed by atoms with Gasteiger partial charge in [0.2, 0.25) is 0 Å². The van der Waals surface area contributed by atoms with E-state index in [-0.39, 0.29) is 0 Å². The minimum absolute atomic E-state index is 0.349. The maximum atomic E-state index is 11.9. The molecule has 1 aromatic carbocycles. The van der Waals surface area contributed by atoms with Crippen molar-refractivity contribution in [2.24, 2.45) is 5.92 Å². The Kier molecular flexibility index (Phi) is 7.26. The minimum atomic E-state index is 0.349. The molecule has 0 radical (unpaired) electrons. The van der Waals surface area contributed by atoms with Crippen molar-refractivity contribution in [1.82, 2.24) is 19.5 Å². The summed E-state index contributed by atoms with van der Waals surface area (Å²) >= 11 is 0. The molecule has 1 fully saturated rings. The van der Waals surface area contributed by atoms with E-state index >= 15 is 0 Å². The Bertz CT molecular complexity index is 1420. The van der Waals surface area contributed by atoms with Crippen LogP contribution in [0.5, 0.6) is 0 Å². The summed E-state index contributed by atoms with van der Waals surface area (Å²) in [5.74, 6) is 1.86. The molecular weight excluding hydrogens is 456 g/mol. The number of pyridine rings is 1. The number of fused-ring (bicyclic) bond motifs is 2. The van der Waals surface area contributed by atoms with Crippen LogP contribution in [0.25, 0.3) is 27.7 Å². The van der Waals surface area contributed by atoms with Gasteiger partial charge in [-0.15, -0.1) is 0 Å². The number of piperidine rings is 1. The quantitative estimate of drug-likeness (QED) is 0.278. The van der Waals surface area contributed by atoms with Crippen molar-refractivity contribution in [3.05, 3.63) is 58.9 Å². The SMILES string of the molecule is CCC(=O)CN1CCC(c2ccc3[nH]c(-c4cc(CC(C)C)n5nc(C)cc5c4)c(C(C)C)c3c2)CC1. The van der Waals surface area contributed by atoms with E-state index in [0.29, 0.717) is 36.5 Å². The number of hydrogen-bond donors (Lipinski definition) is 1. The zero-order valence-corrected chi connectivity index (χ0v) is 23.4. The number of aromatic amines is 1. The van der Waals surface area contributed by atoms with Crippen LogP contribution in [-0.4, -0.2) is 44.9 Å². The number of rotatable bonds is 8. The fourth-order valence-corrected chi connectivity index (χ4v) is 6.10. The molecule has 1 aliphatic rings. The third kappa shape index (κ3) is 5.24. The fraction of sp³-hybridized carbons (Fsp3) is 0.500. The van der Waals surface area contributed by atoms with Crippen LogP contribution in [0.4, 0.5) is 0 Å². The van der Waals surface area contributed by atoms with Gasteiger partial charge in [0.05, 0.1) is 23.4 Å². The highest BCUT2D eigenvalue weighted by Crippen LogP contribution is 2.39. The highest BCUT2D eigenvalue weighted by molar-refractivity contribution is 5.92. The number of H-pyrrole nitrogens is 1. The number of aryl methyl sites for hydroxylation is 1. The van der Waals surface area contributed by atoms with Crippen molar-refractivity contribution in [3.63, 3.8) is 0 Å². The van der Waals surface area contributed by atoms with E-state index in [9.17, 15) is 4.79 Å². The van der Waals surface area contributed by atoms with Gasteiger partial charge in [-0.05, 0) is 98.5 Å². The summed E-state index contributed by atoms with van der Waals surface area (Å²) in [7, 11) is 0. The summed E-state index contributed by atoms with van der Waals surface area (Å²) in [6.45, 7) is 15.8. The Hall–Kier alpha value is -2.92. The van der Waals surface area contributed by atoms with Crippen molar-refractivity contribution in [3.8, 4) is 11.3 Å². The average Bonchev–Trinajstić information content (AvgIpc) is 3.43. The fourth-order valence-electron chi connectivity index (χ4n) is 6.10. The topological polar surface area (TPSA) is 53.4 Å². The molecule has 37 heavy (non-hydrogen) atoms. The Balaban J connectivity index is 1.51. The Morgan fingerprint density at radius 3 is 2.51 bits per heavy atom. The molecule has 0 bridgehead atoms. The van der Waals surface area contributed by atoms with Crippen LogP contribution in [-0.2, 0) is 11.2 Å². The molecule has 0 amide bonds. The van der Waals surface area contributed by atoms with Crippen LogP contribution in [0.3, 0.4) is 0 Å². The van der Waals surface area contributed by atoms with E-state index in [1.54, 1.807) is 0 Å². The van der Waals surface area contributed by atoms with Crippen LogP contribution >= 0.6 is 0 Å². The maximum absolute atomic E-state index is 11.9. The third-order valence-corrected chi connectivity index (χ3v) is 7.96. The monoisotopic (exact) mass is 498 g/mol. The highest BCUT2D eigenvalue weighted by atomic mass is 16.1. The van der Waals surface area contributed by atoms with E-state index < -0.39 is 0 Å². The first-order chi connectivity index (χ1) is 17.7. The van der Waals surface area contributed by atoms with Crippen LogP contribution in [0.2, 0.25) is 0 Å². The number of benzene rings is 1. The molecule has 5 heteroatoms. The Morgan fingerprint density at radius 2 is 1.84 bits per heavy atom. The smallest absolute Gasteiger partial charge is 0.146 e. The van der Waals surface area contributed by atoms with Gasteiger partial charge in [0.1, 0.15) is 5.78 Å². The first kappa shape index (κ1) is 25.7. The first-order valence-electron chi connectivity index (χ1n) is 14.1. The number of likely N-dealkylation sites (tertiary alicyclic amines) is 1. The highest BCUT2D eigenvalue weighted by Gasteiger charge is 2.24. The number of aromatic nitrogens is 3. The molecule has 1 aliphatic heterocycles. The standard InChI is InChI=1S/C32H42N4O/c1-7-28(37)19-35-12-10-23(11-13-35)24-8-9-30-29(18-24)31(21(4)5)32(33-30)25-16-26(14-20(2)3)36-27(17-25)15-22(6)34-36/h8-9,15-18,20-21,23,33H,7,10-14,19H2,1-6H3. The van der Waals surface area contributed by atoms with Gasteiger partial charge in [-0.1, -0.05) is 40.7 Å². The molecule has 0 atom stereocenters. The molecule has 5 nitrogen and oxygen atoms in total. The number of carbonyl (C=O) groups excluding carboxylic acids is 1.